The number of carbonyl (C=O) groups is 2. The van der Waals surface area contributed by atoms with Crippen molar-refractivity contribution in [3.8, 4) is 11.5 Å². The molecule has 0 aliphatic carbocycles. The first-order valence-corrected chi connectivity index (χ1v) is 12.0. The molecule has 2 heterocycles. The summed E-state index contributed by atoms with van der Waals surface area (Å²) < 4.78 is 16.2. The Hall–Kier alpha value is -3.36. The first-order chi connectivity index (χ1) is 17.0. The van der Waals surface area contributed by atoms with E-state index in [4.69, 9.17) is 14.2 Å². The van der Waals surface area contributed by atoms with Crippen LogP contribution in [-0.4, -0.2) is 79.7 Å². The fourth-order valence-electron chi connectivity index (χ4n) is 4.56. The third kappa shape index (κ3) is 5.49. The summed E-state index contributed by atoms with van der Waals surface area (Å²) in [6.07, 6.45) is 0.711. The number of methoxy groups -OCH3 is 1. The van der Waals surface area contributed by atoms with E-state index in [1.165, 1.54) is 0 Å². The lowest BCUT2D eigenvalue weighted by Crippen LogP contribution is -2.38. The summed E-state index contributed by atoms with van der Waals surface area (Å²) in [5, 5.41) is 11.2. The number of rotatable bonds is 9. The van der Waals surface area contributed by atoms with Gasteiger partial charge in [-0.1, -0.05) is 12.1 Å². The minimum absolute atomic E-state index is 0.0932. The van der Waals surface area contributed by atoms with Gasteiger partial charge in [0.2, 0.25) is 0 Å². The van der Waals surface area contributed by atoms with Crippen LogP contribution in [-0.2, 0) is 14.3 Å². The Labute approximate surface area is 205 Å². The Balaban J connectivity index is 1.66. The summed E-state index contributed by atoms with van der Waals surface area (Å²) in [5.41, 5.74) is 1.29. The number of Topliss-reactive ketones (excluding diaryl/α,β-unsaturated/α-hetero) is 1. The van der Waals surface area contributed by atoms with Gasteiger partial charge in [-0.15, -0.1) is 0 Å². The van der Waals surface area contributed by atoms with Crippen molar-refractivity contribution in [2.45, 2.75) is 19.4 Å². The topological polar surface area (TPSA) is 88.5 Å². The molecular weight excluding hydrogens is 448 g/mol. The molecule has 2 aliphatic rings. The minimum Gasteiger partial charge on any atom is -0.507 e. The Bertz CT molecular complexity index is 1060. The molecule has 35 heavy (non-hydrogen) atoms. The molecule has 0 aromatic heterocycles. The predicted molar refractivity (Wildman–Crippen MR) is 131 cm³/mol. The highest BCUT2D eigenvalue weighted by Gasteiger charge is 2.45. The highest BCUT2D eigenvalue weighted by atomic mass is 16.5. The van der Waals surface area contributed by atoms with E-state index in [1.807, 2.05) is 31.2 Å². The van der Waals surface area contributed by atoms with Gasteiger partial charge in [0, 0.05) is 31.7 Å². The molecule has 0 radical (unpaired) electrons. The molecule has 2 aromatic carbocycles. The first kappa shape index (κ1) is 24.8. The Kier molecular flexibility index (Phi) is 8.05. The zero-order chi connectivity index (χ0) is 24.8. The molecule has 1 atom stereocenters. The van der Waals surface area contributed by atoms with Crippen LogP contribution in [0.1, 0.15) is 30.5 Å². The van der Waals surface area contributed by atoms with E-state index in [9.17, 15) is 14.7 Å². The van der Waals surface area contributed by atoms with Crippen LogP contribution in [0.4, 0.5) is 0 Å². The third-order valence-corrected chi connectivity index (χ3v) is 6.39. The fourth-order valence-corrected chi connectivity index (χ4v) is 4.56. The van der Waals surface area contributed by atoms with Gasteiger partial charge in [-0.25, -0.2) is 0 Å². The second-order valence-electron chi connectivity index (χ2n) is 8.53. The van der Waals surface area contributed by atoms with Crippen LogP contribution in [0, 0.1) is 0 Å². The maximum Gasteiger partial charge on any atom is 0.295 e. The van der Waals surface area contributed by atoms with E-state index < -0.39 is 17.7 Å². The van der Waals surface area contributed by atoms with Gasteiger partial charge >= 0.3 is 0 Å². The quantitative estimate of drug-likeness (QED) is 0.335. The summed E-state index contributed by atoms with van der Waals surface area (Å²) in [6, 6.07) is 13.4. The summed E-state index contributed by atoms with van der Waals surface area (Å²) >= 11 is 0. The molecule has 0 spiro atoms. The maximum atomic E-state index is 13.2. The zero-order valence-corrected chi connectivity index (χ0v) is 20.2. The summed E-state index contributed by atoms with van der Waals surface area (Å²) in [6.45, 7) is 6.79. The van der Waals surface area contributed by atoms with Gasteiger partial charge in [0.15, 0.2) is 0 Å². The lowest BCUT2D eigenvalue weighted by Gasteiger charge is -2.29. The number of amides is 1. The van der Waals surface area contributed by atoms with Crippen LogP contribution in [0.25, 0.3) is 5.76 Å². The standard InChI is InChI=1S/C27H32N2O6/c1-3-35-22-11-5-19(6-12-22)24-23(25(30)20-7-9-21(33-2)10-8-20)26(31)27(32)29(24)14-4-13-28-15-17-34-18-16-28/h5-12,24,30H,3-4,13-18H2,1-2H3. The smallest absolute Gasteiger partial charge is 0.295 e. The maximum absolute atomic E-state index is 13.2. The van der Waals surface area contributed by atoms with Gasteiger partial charge in [-0.05, 0) is 55.3 Å². The van der Waals surface area contributed by atoms with Gasteiger partial charge in [0.25, 0.3) is 11.7 Å². The van der Waals surface area contributed by atoms with E-state index in [2.05, 4.69) is 4.90 Å². The highest BCUT2D eigenvalue weighted by molar-refractivity contribution is 6.46. The lowest BCUT2D eigenvalue weighted by molar-refractivity contribution is -0.140. The first-order valence-electron chi connectivity index (χ1n) is 12.0. The van der Waals surface area contributed by atoms with Crippen molar-refractivity contribution in [1.29, 1.82) is 0 Å². The lowest BCUT2D eigenvalue weighted by atomic mass is 9.95. The number of aliphatic hydroxyl groups excluding tert-OH is 1. The SMILES string of the molecule is CCOc1ccc(C2C(=C(O)c3ccc(OC)cc3)C(=O)C(=O)N2CCCN2CCOCC2)cc1. The normalized spacial score (nSPS) is 20.3. The molecule has 1 amide bonds. The second-order valence-corrected chi connectivity index (χ2v) is 8.53. The van der Waals surface area contributed by atoms with Gasteiger partial charge in [-0.2, -0.15) is 0 Å². The number of hydrogen-bond acceptors (Lipinski definition) is 7. The number of likely N-dealkylation sites (tertiary alicyclic amines) is 1. The molecular formula is C27H32N2O6. The number of hydrogen-bond donors (Lipinski definition) is 1. The molecule has 8 nitrogen and oxygen atoms in total. The molecule has 4 rings (SSSR count). The van der Waals surface area contributed by atoms with Crippen molar-refractivity contribution in [1.82, 2.24) is 9.80 Å². The van der Waals surface area contributed by atoms with Gasteiger partial charge < -0.3 is 24.2 Å². The Morgan fingerprint density at radius 3 is 2.29 bits per heavy atom. The number of ether oxygens (including phenoxy) is 3. The molecule has 0 bridgehead atoms. The van der Waals surface area contributed by atoms with Crippen molar-refractivity contribution in [2.75, 3.05) is 53.1 Å². The highest BCUT2D eigenvalue weighted by Crippen LogP contribution is 2.40. The van der Waals surface area contributed by atoms with Crippen molar-refractivity contribution in [3.63, 3.8) is 0 Å². The van der Waals surface area contributed by atoms with Crippen molar-refractivity contribution in [3.05, 3.63) is 65.2 Å². The van der Waals surface area contributed by atoms with Crippen LogP contribution < -0.4 is 9.47 Å². The van der Waals surface area contributed by atoms with Crippen molar-refractivity contribution < 1.29 is 28.9 Å². The van der Waals surface area contributed by atoms with Crippen LogP contribution in [0.15, 0.2) is 54.1 Å². The van der Waals surface area contributed by atoms with Crippen LogP contribution in [0.3, 0.4) is 0 Å². The van der Waals surface area contributed by atoms with Gasteiger partial charge in [-0.3, -0.25) is 14.5 Å². The molecule has 1 N–H and O–H groups in total. The Morgan fingerprint density at radius 2 is 1.66 bits per heavy atom. The van der Waals surface area contributed by atoms with Gasteiger partial charge in [0.05, 0.1) is 38.5 Å². The van der Waals surface area contributed by atoms with Crippen LogP contribution >= 0.6 is 0 Å². The number of aliphatic hydroxyl groups is 1. The fraction of sp³-hybridized carbons (Fsp3) is 0.407. The molecule has 0 saturated carbocycles. The molecule has 2 fully saturated rings. The number of ketones is 1. The number of morpholine rings is 1. The van der Waals surface area contributed by atoms with Gasteiger partial charge in [0.1, 0.15) is 17.3 Å². The molecule has 1 unspecified atom stereocenters. The number of carbonyl (C=O) groups excluding carboxylic acids is 2. The zero-order valence-electron chi connectivity index (χ0n) is 20.2. The molecule has 2 saturated heterocycles. The van der Waals surface area contributed by atoms with E-state index in [-0.39, 0.29) is 11.3 Å². The van der Waals surface area contributed by atoms with Crippen molar-refractivity contribution >= 4 is 17.4 Å². The number of nitrogens with zero attached hydrogens (tertiary/aromatic N) is 2. The number of benzene rings is 2. The van der Waals surface area contributed by atoms with Crippen LogP contribution in [0.5, 0.6) is 11.5 Å². The average Bonchev–Trinajstić information content (AvgIpc) is 3.14. The molecule has 186 valence electrons. The molecule has 8 heteroatoms. The van der Waals surface area contributed by atoms with E-state index >= 15 is 0 Å². The largest absolute Gasteiger partial charge is 0.507 e. The van der Waals surface area contributed by atoms with Crippen molar-refractivity contribution in [2.24, 2.45) is 0 Å². The summed E-state index contributed by atoms with van der Waals surface area (Å²) in [5.74, 6) is -0.131. The summed E-state index contributed by atoms with van der Waals surface area (Å²) in [7, 11) is 1.56. The average molecular weight is 481 g/mol. The second kappa shape index (κ2) is 11.4. The van der Waals surface area contributed by atoms with E-state index in [0.717, 1.165) is 25.2 Å². The molecule has 2 aliphatic heterocycles. The van der Waals surface area contributed by atoms with Crippen LogP contribution in [0.2, 0.25) is 0 Å². The van der Waals surface area contributed by atoms with E-state index in [1.54, 1.807) is 36.3 Å². The monoisotopic (exact) mass is 480 g/mol. The minimum atomic E-state index is -0.683. The predicted octanol–water partition coefficient (Wildman–Crippen LogP) is 3.24. The molecule has 2 aromatic rings. The Morgan fingerprint density at radius 1 is 1.00 bits per heavy atom. The summed E-state index contributed by atoms with van der Waals surface area (Å²) in [4.78, 5) is 30.2. The third-order valence-electron chi connectivity index (χ3n) is 6.39. The van der Waals surface area contributed by atoms with E-state index in [0.29, 0.717) is 49.8 Å².